The molecule has 336 valence electrons. The van der Waals surface area contributed by atoms with Crippen molar-refractivity contribution < 1.29 is 43.1 Å². The van der Waals surface area contributed by atoms with Gasteiger partial charge in [-0.1, -0.05) is 65.9 Å². The first-order valence-corrected chi connectivity index (χ1v) is 22.7. The van der Waals surface area contributed by atoms with Gasteiger partial charge in [0.1, 0.15) is 22.8 Å². The fourth-order valence-electron chi connectivity index (χ4n) is 10.7. The normalized spacial score (nSPS) is 19.9. The van der Waals surface area contributed by atoms with Gasteiger partial charge in [0.25, 0.3) is 0 Å². The summed E-state index contributed by atoms with van der Waals surface area (Å²) >= 11 is 0. The Hall–Kier alpha value is -6.70. The Labute approximate surface area is 386 Å². The second-order valence-corrected chi connectivity index (χ2v) is 18.0. The summed E-state index contributed by atoms with van der Waals surface area (Å²) in [7, 11) is 3.18. The summed E-state index contributed by atoms with van der Waals surface area (Å²) in [5.74, 6) is 8.03. The summed E-state index contributed by atoms with van der Waals surface area (Å²) in [5, 5.41) is 12.2. The maximum atomic E-state index is 13.6. The molecule has 0 aliphatic heterocycles. The van der Waals surface area contributed by atoms with Crippen molar-refractivity contribution in [1.29, 1.82) is 0 Å². The molecule has 10 rings (SSSR count). The number of aromatic carboxylic acids is 1. The van der Waals surface area contributed by atoms with Gasteiger partial charge in [0.15, 0.2) is 6.79 Å². The second kappa shape index (κ2) is 19.4. The first kappa shape index (κ1) is 44.5. The number of allylic oxidation sites excluding steroid dienone is 1. The Morgan fingerprint density at radius 2 is 1.47 bits per heavy atom. The van der Waals surface area contributed by atoms with E-state index in [0.717, 1.165) is 81.4 Å². The zero-order valence-corrected chi connectivity index (χ0v) is 37.8. The van der Waals surface area contributed by atoms with Crippen LogP contribution in [0.2, 0.25) is 0 Å². The number of hydrogen-bond acceptors (Lipinski definition) is 8. The van der Waals surface area contributed by atoms with Gasteiger partial charge in [-0.05, 0) is 193 Å². The van der Waals surface area contributed by atoms with Gasteiger partial charge in [-0.2, -0.15) is 0 Å². The molecule has 4 saturated carbocycles. The van der Waals surface area contributed by atoms with Crippen LogP contribution in [0.25, 0.3) is 39.1 Å². The highest BCUT2D eigenvalue weighted by Gasteiger charge is 2.52. The van der Waals surface area contributed by atoms with E-state index in [2.05, 4.69) is 61.2 Å². The number of ether oxygens (including phenoxy) is 6. The molecule has 6 aromatic carbocycles. The largest absolute Gasteiger partial charge is 0.478 e. The minimum atomic E-state index is -1.20. The third-order valence-electron chi connectivity index (χ3n) is 13.4. The van der Waals surface area contributed by atoms with Crippen molar-refractivity contribution in [2.45, 2.75) is 64.3 Å². The van der Waals surface area contributed by atoms with E-state index in [1.807, 2.05) is 43.3 Å². The van der Waals surface area contributed by atoms with Crippen LogP contribution in [0.3, 0.4) is 0 Å². The Morgan fingerprint density at radius 3 is 2.15 bits per heavy atom. The number of benzene rings is 6. The van der Waals surface area contributed by atoms with Crippen molar-refractivity contribution in [1.82, 2.24) is 0 Å². The monoisotopic (exact) mass is 882 g/mol. The highest BCUT2D eigenvalue weighted by Crippen LogP contribution is 2.62. The summed E-state index contributed by atoms with van der Waals surface area (Å²) in [6, 6.07) is 36.3. The Balaban J connectivity index is 0.941. The number of carboxylic acids is 1. The molecule has 4 bridgehead atoms. The molecule has 0 aromatic heterocycles. The zero-order chi connectivity index (χ0) is 45.8. The summed E-state index contributed by atoms with van der Waals surface area (Å²) in [5.41, 5.74) is 7.87. The Bertz CT molecular complexity index is 2810. The smallest absolute Gasteiger partial charge is 0.343 e. The number of carboxylic acid groups (broad SMARTS) is 1. The first-order valence-electron chi connectivity index (χ1n) is 22.7. The predicted molar refractivity (Wildman–Crippen MR) is 256 cm³/mol. The molecule has 4 aliphatic rings. The topological polar surface area (TPSA) is 110 Å². The first-order chi connectivity index (χ1) is 32.1. The molecule has 0 heterocycles. The molecule has 9 heteroatoms. The maximum absolute atomic E-state index is 13.6. The zero-order valence-electron chi connectivity index (χ0n) is 37.8. The minimum Gasteiger partial charge on any atom is -0.478 e. The molecule has 0 radical (unpaired) electrons. The number of carbonyl (C=O) groups is 2. The highest BCUT2D eigenvalue weighted by atomic mass is 16.8. The Kier molecular flexibility index (Phi) is 13.1. The van der Waals surface area contributed by atoms with E-state index in [9.17, 15) is 14.7 Å². The molecule has 1 unspecified atom stereocenters. The van der Waals surface area contributed by atoms with Crippen LogP contribution in [0.4, 0.5) is 0 Å². The van der Waals surface area contributed by atoms with Gasteiger partial charge in [0, 0.05) is 25.3 Å². The van der Waals surface area contributed by atoms with E-state index in [1.54, 1.807) is 56.7 Å². The average molecular weight is 883 g/mol. The van der Waals surface area contributed by atoms with Crippen molar-refractivity contribution in [2.75, 3.05) is 27.6 Å². The van der Waals surface area contributed by atoms with Crippen LogP contribution in [0.5, 0.6) is 17.2 Å². The van der Waals surface area contributed by atoms with Gasteiger partial charge >= 0.3 is 18.4 Å². The highest BCUT2D eigenvalue weighted by molar-refractivity contribution is 5.97. The van der Waals surface area contributed by atoms with E-state index >= 15 is 0 Å². The van der Waals surface area contributed by atoms with E-state index < -0.39 is 18.4 Å². The molecule has 1 atom stereocenters. The average Bonchev–Trinajstić information content (AvgIpc) is 3.31. The molecule has 4 aliphatic carbocycles. The van der Waals surface area contributed by atoms with Gasteiger partial charge in [-0.15, -0.1) is 0 Å². The summed E-state index contributed by atoms with van der Waals surface area (Å²) in [6.45, 7) is 3.78. The summed E-state index contributed by atoms with van der Waals surface area (Å²) in [6.07, 6.45) is 11.2. The third kappa shape index (κ3) is 9.63. The van der Waals surface area contributed by atoms with Crippen molar-refractivity contribution >= 4 is 28.8 Å². The van der Waals surface area contributed by atoms with Crippen LogP contribution in [0.15, 0.2) is 121 Å². The van der Waals surface area contributed by atoms with Crippen molar-refractivity contribution in [3.63, 3.8) is 0 Å². The van der Waals surface area contributed by atoms with Gasteiger partial charge in [-0.3, -0.25) is 0 Å². The molecular formula is C57H54O9. The molecule has 1 N–H and O–H groups in total. The number of hydrogen-bond donors (Lipinski definition) is 1. The number of carbonyl (C=O) groups excluding carboxylic acids is 1. The van der Waals surface area contributed by atoms with Crippen LogP contribution in [-0.4, -0.2) is 51.1 Å². The van der Waals surface area contributed by atoms with E-state index in [0.29, 0.717) is 17.9 Å². The lowest BCUT2D eigenvalue weighted by atomic mass is 9.48. The fraction of sp³-hybridized carbons (Fsp3) is 0.298. The number of fused-ring (bicyclic) bond motifs is 1. The van der Waals surface area contributed by atoms with Gasteiger partial charge in [0.2, 0.25) is 0 Å². The lowest BCUT2D eigenvalue weighted by Crippen LogP contribution is -2.48. The lowest BCUT2D eigenvalue weighted by molar-refractivity contribution is -0.231. The lowest BCUT2D eigenvalue weighted by Gasteiger charge is -2.57. The van der Waals surface area contributed by atoms with Crippen LogP contribution < -0.4 is 14.2 Å². The van der Waals surface area contributed by atoms with Gasteiger partial charge < -0.3 is 33.5 Å². The SMILES string of the molecule is CCOC(OC)Oc1cc2ccc(-c3ccc(C(=O)O)c(OC(=O)c4ccc(C#CC=Cc5ccc(OCOC)cc5-c5ccc(C)cc5)cc4)c3)cc2cc1C12CC3CC(CC(C3)C1)C2. The summed E-state index contributed by atoms with van der Waals surface area (Å²) in [4.78, 5) is 26.0. The predicted octanol–water partition coefficient (Wildman–Crippen LogP) is 12.3. The van der Waals surface area contributed by atoms with Crippen LogP contribution >= 0.6 is 0 Å². The standard InChI is InChI=1S/C57H54O9/c1-5-63-56(62-4)66-53-30-46-19-18-44(27-47(46)28-51(53)57-32-38-24-39(33-57)26-40(25-38)34-57)45-21-23-49(54(58)59)52(29-45)65-55(60)43-16-12-37(13-17-43)8-6-7-9-41-20-22-48(64-35-61-3)31-50(41)42-14-10-36(2)11-15-42/h7,9-23,27-31,38-40,56H,5,24-26,32-35H2,1-4H3,(H,58,59). The van der Waals surface area contributed by atoms with Gasteiger partial charge in [0.05, 0.1) is 12.2 Å². The fourth-order valence-corrected chi connectivity index (χ4v) is 10.7. The minimum absolute atomic E-state index is 0.0337. The Morgan fingerprint density at radius 1 is 0.773 bits per heavy atom. The molecule has 66 heavy (non-hydrogen) atoms. The second-order valence-electron chi connectivity index (χ2n) is 18.0. The quantitative estimate of drug-likeness (QED) is 0.0466. The van der Waals surface area contributed by atoms with Crippen molar-refractivity contribution in [3.05, 3.63) is 155 Å². The van der Waals surface area contributed by atoms with Crippen molar-refractivity contribution in [3.8, 4) is 51.3 Å². The molecular weight excluding hydrogens is 829 g/mol. The third-order valence-corrected chi connectivity index (χ3v) is 13.4. The number of rotatable bonds is 15. The van der Waals surface area contributed by atoms with Gasteiger partial charge in [-0.25, -0.2) is 9.59 Å². The molecule has 0 saturated heterocycles. The number of esters is 1. The van der Waals surface area contributed by atoms with Crippen LogP contribution in [0, 0.1) is 36.5 Å². The van der Waals surface area contributed by atoms with E-state index in [1.165, 1.54) is 36.5 Å². The molecule has 0 amide bonds. The summed E-state index contributed by atoms with van der Waals surface area (Å²) < 4.78 is 34.5. The number of methoxy groups -OCH3 is 2. The molecule has 0 spiro atoms. The van der Waals surface area contributed by atoms with Crippen LogP contribution in [0.1, 0.15) is 88.4 Å². The maximum Gasteiger partial charge on any atom is 0.343 e. The van der Waals surface area contributed by atoms with E-state index in [4.69, 9.17) is 28.4 Å². The molecule has 9 nitrogen and oxygen atoms in total. The van der Waals surface area contributed by atoms with Crippen molar-refractivity contribution in [2.24, 2.45) is 17.8 Å². The number of aryl methyl sites for hydroxylation is 1. The van der Waals surface area contributed by atoms with E-state index in [-0.39, 0.29) is 29.1 Å². The molecule has 6 aromatic rings. The van der Waals surface area contributed by atoms with Crippen LogP contribution in [-0.2, 0) is 19.6 Å². The molecule has 4 fully saturated rings.